The summed E-state index contributed by atoms with van der Waals surface area (Å²) in [6.07, 6.45) is 4.14. The van der Waals surface area contributed by atoms with Crippen LogP contribution in [-0.2, 0) is 14.3 Å². The Morgan fingerprint density at radius 3 is 2.48 bits per heavy atom. The van der Waals surface area contributed by atoms with Crippen molar-refractivity contribution in [1.82, 2.24) is 0 Å². The Hall–Kier alpha value is -2.37. The number of fused-ring (bicyclic) bond motifs is 5. The van der Waals surface area contributed by atoms with E-state index in [-0.39, 0.29) is 35.1 Å². The third kappa shape index (κ3) is 3.22. The molecule has 0 heterocycles. The zero-order chi connectivity index (χ0) is 20.9. The Morgan fingerprint density at radius 2 is 1.83 bits per heavy atom. The number of hydrogen-bond acceptors (Lipinski definition) is 6. The highest BCUT2D eigenvalue weighted by molar-refractivity contribution is 6.00. The number of hydrogen-bond donors (Lipinski definition) is 0. The Morgan fingerprint density at radius 1 is 1.07 bits per heavy atom. The SMILES string of the molecule is COc1cc2c(cc1OC(C)=O)C(=O)C[C@@H]1[C@@H]2CC[C@]2(C)[C@@H](OC(C)=O)CC[C@@H]12. The molecule has 3 aliphatic carbocycles. The maximum atomic E-state index is 13.1. The minimum atomic E-state index is -0.444. The van der Waals surface area contributed by atoms with Crippen LogP contribution in [0.1, 0.15) is 74.7 Å². The van der Waals surface area contributed by atoms with E-state index < -0.39 is 5.97 Å². The number of ether oxygens (including phenoxy) is 3. The van der Waals surface area contributed by atoms with Crippen molar-refractivity contribution in [2.24, 2.45) is 17.3 Å². The van der Waals surface area contributed by atoms with Gasteiger partial charge in [0.15, 0.2) is 17.3 Å². The number of rotatable bonds is 3. The standard InChI is InChI=1S/C23H28O6/c1-12(24)28-21-11-17-15(10-20(21)27-4)14-7-8-23(3)18(16(14)9-19(17)26)5-6-22(23)29-13(2)25/h10-11,14,16,18,22H,5-9H2,1-4H3/t14-,16-,18+,22+,23+/m1/s1. The smallest absolute Gasteiger partial charge is 0.308 e. The van der Waals surface area contributed by atoms with E-state index in [1.807, 2.05) is 6.07 Å². The van der Waals surface area contributed by atoms with Gasteiger partial charge in [0, 0.05) is 31.2 Å². The third-order valence-corrected chi connectivity index (χ3v) is 7.37. The van der Waals surface area contributed by atoms with Crippen molar-refractivity contribution in [3.8, 4) is 11.5 Å². The molecule has 2 fully saturated rings. The van der Waals surface area contributed by atoms with Crippen molar-refractivity contribution in [2.75, 3.05) is 7.11 Å². The van der Waals surface area contributed by atoms with Gasteiger partial charge in [0.1, 0.15) is 6.10 Å². The van der Waals surface area contributed by atoms with Gasteiger partial charge in [-0.05, 0) is 61.1 Å². The largest absolute Gasteiger partial charge is 0.493 e. The van der Waals surface area contributed by atoms with Crippen LogP contribution in [-0.4, -0.2) is 30.9 Å². The van der Waals surface area contributed by atoms with Gasteiger partial charge >= 0.3 is 11.9 Å². The lowest BCUT2D eigenvalue weighted by Gasteiger charge is -2.50. The summed E-state index contributed by atoms with van der Waals surface area (Å²) < 4.78 is 16.4. The first-order valence-corrected chi connectivity index (χ1v) is 10.4. The van der Waals surface area contributed by atoms with E-state index in [2.05, 4.69) is 6.92 Å². The van der Waals surface area contributed by atoms with E-state index in [9.17, 15) is 14.4 Å². The number of benzene rings is 1. The lowest BCUT2D eigenvalue weighted by atomic mass is 9.55. The predicted octanol–water partition coefficient (Wildman–Crippen LogP) is 4.05. The number of carbonyl (C=O) groups is 3. The van der Waals surface area contributed by atoms with Gasteiger partial charge in [-0.1, -0.05) is 6.92 Å². The van der Waals surface area contributed by atoms with Crippen molar-refractivity contribution >= 4 is 17.7 Å². The third-order valence-electron chi connectivity index (χ3n) is 7.37. The van der Waals surface area contributed by atoms with Crippen LogP contribution in [0.15, 0.2) is 12.1 Å². The summed E-state index contributed by atoms with van der Waals surface area (Å²) in [5.41, 5.74) is 1.56. The average Bonchev–Trinajstić information content (AvgIpc) is 2.97. The van der Waals surface area contributed by atoms with Gasteiger partial charge in [-0.15, -0.1) is 0 Å². The molecule has 1 aromatic carbocycles. The van der Waals surface area contributed by atoms with Crippen LogP contribution in [0.4, 0.5) is 0 Å². The molecule has 29 heavy (non-hydrogen) atoms. The molecule has 3 aliphatic rings. The fourth-order valence-corrected chi connectivity index (χ4v) is 6.15. The molecule has 0 unspecified atom stereocenters. The molecule has 0 saturated heterocycles. The first-order chi connectivity index (χ1) is 13.7. The Labute approximate surface area is 170 Å². The van der Waals surface area contributed by atoms with Gasteiger partial charge in [-0.3, -0.25) is 14.4 Å². The summed E-state index contributed by atoms with van der Waals surface area (Å²) in [6, 6.07) is 3.54. The van der Waals surface area contributed by atoms with Crippen molar-refractivity contribution in [3.05, 3.63) is 23.3 Å². The minimum Gasteiger partial charge on any atom is -0.493 e. The van der Waals surface area contributed by atoms with Gasteiger partial charge in [-0.25, -0.2) is 0 Å². The predicted molar refractivity (Wildman–Crippen MR) is 105 cm³/mol. The molecule has 4 rings (SSSR count). The van der Waals surface area contributed by atoms with Crippen LogP contribution < -0.4 is 9.47 Å². The maximum absolute atomic E-state index is 13.1. The Kier molecular flexibility index (Phi) is 4.91. The van der Waals surface area contributed by atoms with Gasteiger partial charge in [0.05, 0.1) is 7.11 Å². The summed E-state index contributed by atoms with van der Waals surface area (Å²) in [5.74, 6) is 1.02. The minimum absolute atomic E-state index is 0.0664. The molecule has 2 saturated carbocycles. The van der Waals surface area contributed by atoms with Crippen LogP contribution in [0, 0.1) is 17.3 Å². The molecule has 6 heteroatoms. The number of carbonyl (C=O) groups excluding carboxylic acids is 3. The lowest BCUT2D eigenvalue weighted by molar-refractivity contribution is -0.154. The van der Waals surface area contributed by atoms with E-state index in [1.165, 1.54) is 21.0 Å². The van der Waals surface area contributed by atoms with Gasteiger partial charge in [0.25, 0.3) is 0 Å². The van der Waals surface area contributed by atoms with Crippen molar-refractivity contribution in [2.45, 2.75) is 64.9 Å². The van der Waals surface area contributed by atoms with Gasteiger partial charge < -0.3 is 14.2 Å². The van der Waals surface area contributed by atoms with Crippen LogP contribution in [0.2, 0.25) is 0 Å². The molecule has 1 aromatic rings. The average molecular weight is 400 g/mol. The molecule has 0 N–H and O–H groups in total. The van der Waals surface area contributed by atoms with E-state index in [4.69, 9.17) is 14.2 Å². The highest BCUT2D eigenvalue weighted by Crippen LogP contribution is 2.62. The first kappa shape index (κ1) is 19.9. The highest BCUT2D eigenvalue weighted by atomic mass is 16.6. The van der Waals surface area contributed by atoms with Crippen molar-refractivity contribution in [1.29, 1.82) is 0 Å². The fraction of sp³-hybridized carbons (Fsp3) is 0.609. The molecular weight excluding hydrogens is 372 g/mol. The molecular formula is C23H28O6. The Balaban J connectivity index is 1.70. The topological polar surface area (TPSA) is 78.9 Å². The van der Waals surface area contributed by atoms with Crippen LogP contribution in [0.25, 0.3) is 0 Å². The molecule has 156 valence electrons. The normalized spacial score (nSPS) is 32.6. The molecule has 0 bridgehead atoms. The molecule has 0 amide bonds. The number of methoxy groups -OCH3 is 1. The van der Waals surface area contributed by atoms with Crippen LogP contribution in [0.5, 0.6) is 11.5 Å². The maximum Gasteiger partial charge on any atom is 0.308 e. The second kappa shape index (κ2) is 7.15. The number of Topliss-reactive ketones (excluding diaryl/α,β-unsaturated/α-hetero) is 1. The second-order valence-electron chi connectivity index (χ2n) is 8.91. The van der Waals surface area contributed by atoms with E-state index >= 15 is 0 Å². The Bertz CT molecular complexity index is 874. The number of esters is 2. The van der Waals surface area contributed by atoms with Gasteiger partial charge in [0.2, 0.25) is 0 Å². The summed E-state index contributed by atoms with van der Waals surface area (Å²) in [6.45, 7) is 5.02. The van der Waals surface area contributed by atoms with Crippen LogP contribution in [0.3, 0.4) is 0 Å². The monoisotopic (exact) mass is 400 g/mol. The number of ketones is 1. The quantitative estimate of drug-likeness (QED) is 0.563. The van der Waals surface area contributed by atoms with Crippen molar-refractivity contribution in [3.63, 3.8) is 0 Å². The van der Waals surface area contributed by atoms with E-state index in [0.29, 0.717) is 29.4 Å². The molecule has 6 nitrogen and oxygen atoms in total. The first-order valence-electron chi connectivity index (χ1n) is 10.4. The summed E-state index contributed by atoms with van der Waals surface area (Å²) in [4.78, 5) is 36.1. The fourth-order valence-electron chi connectivity index (χ4n) is 6.15. The molecule has 0 radical (unpaired) electrons. The van der Waals surface area contributed by atoms with E-state index in [1.54, 1.807) is 6.07 Å². The van der Waals surface area contributed by atoms with Gasteiger partial charge in [-0.2, -0.15) is 0 Å². The summed E-state index contributed by atoms with van der Waals surface area (Å²) in [7, 11) is 1.54. The summed E-state index contributed by atoms with van der Waals surface area (Å²) in [5, 5.41) is 0. The second-order valence-corrected chi connectivity index (χ2v) is 8.91. The van der Waals surface area contributed by atoms with E-state index in [0.717, 1.165) is 31.2 Å². The van der Waals surface area contributed by atoms with Crippen molar-refractivity contribution < 1.29 is 28.6 Å². The molecule has 0 spiro atoms. The molecule has 0 aromatic heterocycles. The zero-order valence-electron chi connectivity index (χ0n) is 17.4. The molecule has 0 aliphatic heterocycles. The molecule has 5 atom stereocenters. The lowest BCUT2D eigenvalue weighted by Crippen LogP contribution is -2.46. The zero-order valence-corrected chi connectivity index (χ0v) is 17.4. The van der Waals surface area contributed by atoms with Crippen LogP contribution >= 0.6 is 0 Å². The highest BCUT2D eigenvalue weighted by Gasteiger charge is 2.57. The summed E-state index contributed by atoms with van der Waals surface area (Å²) >= 11 is 0.